The van der Waals surface area contributed by atoms with Crippen LogP contribution in [-0.4, -0.2) is 25.7 Å². The monoisotopic (exact) mass is 271 g/mol. The fraction of sp³-hybridized carbons (Fsp3) is 0.438. The average Bonchev–Trinajstić information content (AvgIpc) is 2.89. The SMILES string of the molecule is COc1ccccc1N1C(N)=NCC1C1CC=CCC1. The summed E-state index contributed by atoms with van der Waals surface area (Å²) in [7, 11) is 1.70. The second kappa shape index (κ2) is 5.57. The van der Waals surface area contributed by atoms with Crippen molar-refractivity contribution in [1.29, 1.82) is 0 Å². The van der Waals surface area contributed by atoms with E-state index < -0.39 is 0 Å². The van der Waals surface area contributed by atoms with Crippen LogP contribution in [0.4, 0.5) is 5.69 Å². The van der Waals surface area contributed by atoms with E-state index in [1.54, 1.807) is 7.11 Å². The molecule has 1 aromatic carbocycles. The van der Waals surface area contributed by atoms with E-state index >= 15 is 0 Å². The molecule has 2 unspecified atom stereocenters. The molecular weight excluding hydrogens is 250 g/mol. The van der Waals surface area contributed by atoms with Crippen molar-refractivity contribution in [1.82, 2.24) is 0 Å². The molecule has 0 saturated heterocycles. The maximum absolute atomic E-state index is 6.13. The van der Waals surface area contributed by atoms with E-state index in [1.807, 2.05) is 18.2 Å². The summed E-state index contributed by atoms with van der Waals surface area (Å²) in [5, 5.41) is 0. The molecule has 0 spiro atoms. The molecule has 2 atom stereocenters. The Morgan fingerprint density at radius 2 is 2.15 bits per heavy atom. The largest absolute Gasteiger partial charge is 0.495 e. The lowest BCUT2D eigenvalue weighted by Crippen LogP contribution is -2.45. The lowest BCUT2D eigenvalue weighted by molar-refractivity contribution is 0.393. The minimum Gasteiger partial charge on any atom is -0.495 e. The Morgan fingerprint density at radius 1 is 1.30 bits per heavy atom. The summed E-state index contributed by atoms with van der Waals surface area (Å²) in [5.41, 5.74) is 7.16. The van der Waals surface area contributed by atoms with Crippen LogP contribution in [-0.2, 0) is 0 Å². The van der Waals surface area contributed by atoms with Gasteiger partial charge in [-0.25, -0.2) is 0 Å². The minimum absolute atomic E-state index is 0.344. The molecule has 1 aromatic rings. The van der Waals surface area contributed by atoms with Gasteiger partial charge in [0.1, 0.15) is 5.75 Å². The van der Waals surface area contributed by atoms with E-state index in [0.717, 1.165) is 30.8 Å². The Morgan fingerprint density at radius 3 is 2.90 bits per heavy atom. The standard InChI is InChI=1S/C16H21N3O/c1-20-15-10-6-5-9-13(15)19-14(11-18-16(19)17)12-7-3-2-4-8-12/h2-3,5-6,9-10,12,14H,4,7-8,11H2,1H3,(H2,17,18). The lowest BCUT2D eigenvalue weighted by Gasteiger charge is -2.34. The Balaban J connectivity index is 1.91. The highest BCUT2D eigenvalue weighted by Gasteiger charge is 2.34. The van der Waals surface area contributed by atoms with Crippen molar-refractivity contribution in [2.24, 2.45) is 16.6 Å². The van der Waals surface area contributed by atoms with E-state index in [2.05, 4.69) is 28.1 Å². The van der Waals surface area contributed by atoms with E-state index in [4.69, 9.17) is 10.5 Å². The van der Waals surface area contributed by atoms with Crippen LogP contribution in [0.25, 0.3) is 0 Å². The van der Waals surface area contributed by atoms with Crippen LogP contribution in [0.5, 0.6) is 5.75 Å². The number of nitrogens with two attached hydrogens (primary N) is 1. The number of allylic oxidation sites excluding steroid dienone is 2. The Bertz CT molecular complexity index is 538. The van der Waals surface area contributed by atoms with Gasteiger partial charge in [0.25, 0.3) is 0 Å². The van der Waals surface area contributed by atoms with Gasteiger partial charge in [0.05, 0.1) is 25.4 Å². The normalized spacial score (nSPS) is 25.6. The minimum atomic E-state index is 0.344. The van der Waals surface area contributed by atoms with Gasteiger partial charge in [-0.1, -0.05) is 24.3 Å². The molecule has 2 N–H and O–H groups in total. The van der Waals surface area contributed by atoms with Crippen LogP contribution in [0, 0.1) is 5.92 Å². The highest BCUT2D eigenvalue weighted by molar-refractivity contribution is 5.98. The molecular formula is C16H21N3O. The fourth-order valence-electron chi connectivity index (χ4n) is 3.17. The molecule has 3 rings (SSSR count). The third-order valence-corrected chi connectivity index (χ3v) is 4.22. The summed E-state index contributed by atoms with van der Waals surface area (Å²) in [6.45, 7) is 0.780. The number of para-hydroxylation sites is 2. The van der Waals surface area contributed by atoms with Crippen LogP contribution in [0.15, 0.2) is 41.4 Å². The lowest BCUT2D eigenvalue weighted by atomic mass is 9.87. The number of ether oxygens (including phenoxy) is 1. The molecule has 1 aliphatic heterocycles. The van der Waals surface area contributed by atoms with Gasteiger partial charge >= 0.3 is 0 Å². The van der Waals surface area contributed by atoms with E-state index in [9.17, 15) is 0 Å². The predicted octanol–water partition coefficient (Wildman–Crippen LogP) is 2.55. The van der Waals surface area contributed by atoms with Gasteiger partial charge in [-0.2, -0.15) is 0 Å². The third kappa shape index (κ3) is 2.26. The topological polar surface area (TPSA) is 50.9 Å². The zero-order valence-corrected chi connectivity index (χ0v) is 11.8. The number of guanidine groups is 1. The molecule has 2 aliphatic rings. The van der Waals surface area contributed by atoms with Crippen molar-refractivity contribution in [3.63, 3.8) is 0 Å². The molecule has 0 aromatic heterocycles. The molecule has 1 aliphatic carbocycles. The maximum atomic E-state index is 6.13. The van der Waals surface area contributed by atoms with Gasteiger partial charge in [-0.3, -0.25) is 4.99 Å². The van der Waals surface area contributed by atoms with Crippen molar-refractivity contribution in [2.45, 2.75) is 25.3 Å². The highest BCUT2D eigenvalue weighted by Crippen LogP contribution is 2.35. The van der Waals surface area contributed by atoms with Gasteiger partial charge in [0.15, 0.2) is 5.96 Å². The van der Waals surface area contributed by atoms with Gasteiger partial charge < -0.3 is 15.4 Å². The number of hydrogen-bond acceptors (Lipinski definition) is 4. The van der Waals surface area contributed by atoms with Crippen molar-refractivity contribution in [3.05, 3.63) is 36.4 Å². The second-order valence-electron chi connectivity index (χ2n) is 5.35. The van der Waals surface area contributed by atoms with Crippen molar-refractivity contribution >= 4 is 11.6 Å². The summed E-state index contributed by atoms with van der Waals surface area (Å²) >= 11 is 0. The van der Waals surface area contributed by atoms with Crippen molar-refractivity contribution in [2.75, 3.05) is 18.6 Å². The predicted molar refractivity (Wildman–Crippen MR) is 82.2 cm³/mol. The number of rotatable bonds is 3. The zero-order chi connectivity index (χ0) is 13.9. The molecule has 0 fully saturated rings. The van der Waals surface area contributed by atoms with E-state index in [0.29, 0.717) is 17.9 Å². The second-order valence-corrected chi connectivity index (χ2v) is 5.35. The van der Waals surface area contributed by atoms with Gasteiger partial charge in [0.2, 0.25) is 0 Å². The molecule has 1 heterocycles. The number of hydrogen-bond donors (Lipinski definition) is 1. The van der Waals surface area contributed by atoms with Gasteiger partial charge in [-0.15, -0.1) is 0 Å². The summed E-state index contributed by atoms with van der Waals surface area (Å²) in [6, 6.07) is 8.36. The maximum Gasteiger partial charge on any atom is 0.196 e. The van der Waals surface area contributed by atoms with Crippen LogP contribution < -0.4 is 15.4 Å². The first-order valence-corrected chi connectivity index (χ1v) is 7.18. The van der Waals surface area contributed by atoms with Crippen molar-refractivity contribution < 1.29 is 4.74 Å². The van der Waals surface area contributed by atoms with Crippen LogP contribution in [0.2, 0.25) is 0 Å². The smallest absolute Gasteiger partial charge is 0.196 e. The highest BCUT2D eigenvalue weighted by atomic mass is 16.5. The fourth-order valence-corrected chi connectivity index (χ4v) is 3.17. The molecule has 0 bridgehead atoms. The molecule has 106 valence electrons. The third-order valence-electron chi connectivity index (χ3n) is 4.22. The average molecular weight is 271 g/mol. The zero-order valence-electron chi connectivity index (χ0n) is 11.8. The molecule has 4 heteroatoms. The summed E-state index contributed by atoms with van der Waals surface area (Å²) < 4.78 is 5.48. The number of methoxy groups -OCH3 is 1. The summed E-state index contributed by atoms with van der Waals surface area (Å²) in [5.74, 6) is 2.06. The van der Waals surface area contributed by atoms with Gasteiger partial charge in [-0.05, 0) is 37.3 Å². The van der Waals surface area contributed by atoms with Crippen LogP contribution in [0.3, 0.4) is 0 Å². The molecule has 0 radical (unpaired) electrons. The number of benzene rings is 1. The molecule has 0 saturated carbocycles. The first-order chi connectivity index (χ1) is 9.81. The summed E-state index contributed by atoms with van der Waals surface area (Å²) in [6.07, 6.45) is 8.02. The Kier molecular flexibility index (Phi) is 3.63. The number of aliphatic imine (C=N–C) groups is 1. The van der Waals surface area contributed by atoms with Crippen LogP contribution in [0.1, 0.15) is 19.3 Å². The van der Waals surface area contributed by atoms with Gasteiger partial charge in [0, 0.05) is 0 Å². The number of nitrogens with zero attached hydrogens (tertiary/aromatic N) is 2. The molecule has 0 amide bonds. The molecule has 20 heavy (non-hydrogen) atoms. The number of anilines is 1. The first kappa shape index (κ1) is 13.0. The first-order valence-electron chi connectivity index (χ1n) is 7.18. The Labute approximate surface area is 119 Å². The van der Waals surface area contributed by atoms with E-state index in [-0.39, 0.29) is 0 Å². The van der Waals surface area contributed by atoms with Crippen LogP contribution >= 0.6 is 0 Å². The summed E-state index contributed by atoms with van der Waals surface area (Å²) in [4.78, 5) is 6.62. The Hall–Kier alpha value is -1.97. The molecule has 4 nitrogen and oxygen atoms in total. The quantitative estimate of drug-likeness (QED) is 0.860. The van der Waals surface area contributed by atoms with Crippen molar-refractivity contribution in [3.8, 4) is 5.75 Å². The van der Waals surface area contributed by atoms with E-state index in [1.165, 1.54) is 6.42 Å².